The summed E-state index contributed by atoms with van der Waals surface area (Å²) < 4.78 is 2.07. The van der Waals surface area contributed by atoms with E-state index in [0.29, 0.717) is 0 Å². The second-order valence-corrected chi connectivity index (χ2v) is 6.72. The highest BCUT2D eigenvalue weighted by molar-refractivity contribution is 6.11. The van der Waals surface area contributed by atoms with Crippen molar-refractivity contribution in [1.29, 1.82) is 0 Å². The minimum atomic E-state index is -0.0894. The number of nitrogens with zero attached hydrogens (tertiary/aromatic N) is 2. The van der Waals surface area contributed by atoms with E-state index in [9.17, 15) is 4.79 Å². The fraction of sp³-hybridized carbons (Fsp3) is 0.130. The number of carbonyl (C=O) groups excluding carboxylic acids is 1. The number of Topliss-reactive ketones (excluding diaryl/α,β-unsaturated/α-hetero) is 1. The Hall–Kier alpha value is -3.20. The van der Waals surface area contributed by atoms with Gasteiger partial charge in [0.1, 0.15) is 0 Å². The Kier molecular flexibility index (Phi) is 4.13. The molecule has 1 aliphatic rings. The Balaban J connectivity index is 1.82. The minimum absolute atomic E-state index is 0.0894. The fourth-order valence-electron chi connectivity index (χ4n) is 3.46. The van der Waals surface area contributed by atoms with Gasteiger partial charge < -0.3 is 4.90 Å². The van der Waals surface area contributed by atoms with Gasteiger partial charge in [-0.15, -0.1) is 0 Å². The second-order valence-electron chi connectivity index (χ2n) is 6.72. The number of ketones is 1. The summed E-state index contributed by atoms with van der Waals surface area (Å²) in [5, 5.41) is 0. The number of aromatic nitrogens is 1. The van der Waals surface area contributed by atoms with Crippen molar-refractivity contribution >= 4 is 17.5 Å². The summed E-state index contributed by atoms with van der Waals surface area (Å²) in [6, 6.07) is 24.2. The van der Waals surface area contributed by atoms with Gasteiger partial charge in [0.15, 0.2) is 6.20 Å². The van der Waals surface area contributed by atoms with E-state index in [1.165, 1.54) is 0 Å². The third-order valence-corrected chi connectivity index (χ3v) is 4.80. The maximum Gasteiger partial charge on any atom is 0.259 e. The molecular formula is C23H21N2O+. The van der Waals surface area contributed by atoms with Crippen LogP contribution in [-0.2, 0) is 0 Å². The first-order valence-corrected chi connectivity index (χ1v) is 8.74. The van der Waals surface area contributed by atoms with Crippen molar-refractivity contribution in [1.82, 2.24) is 0 Å². The molecule has 0 amide bonds. The number of allylic oxidation sites excluding steroid dienone is 1. The van der Waals surface area contributed by atoms with Crippen molar-refractivity contribution in [2.75, 3.05) is 19.0 Å². The molecule has 0 spiro atoms. The van der Waals surface area contributed by atoms with Crippen LogP contribution in [-0.4, -0.2) is 19.9 Å². The maximum atomic E-state index is 13.1. The Morgan fingerprint density at radius 2 is 1.58 bits per heavy atom. The number of hydrogen-bond acceptors (Lipinski definition) is 2. The van der Waals surface area contributed by atoms with Crippen LogP contribution < -0.4 is 9.47 Å². The first-order valence-electron chi connectivity index (χ1n) is 8.74. The zero-order valence-corrected chi connectivity index (χ0v) is 15.0. The molecule has 128 valence electrons. The lowest BCUT2D eigenvalue weighted by atomic mass is 9.96. The van der Waals surface area contributed by atoms with Crippen molar-refractivity contribution in [3.8, 4) is 0 Å². The summed E-state index contributed by atoms with van der Waals surface area (Å²) in [4.78, 5) is 15.1. The van der Waals surface area contributed by atoms with E-state index >= 15 is 0 Å². The quantitative estimate of drug-likeness (QED) is 0.533. The van der Waals surface area contributed by atoms with Crippen LogP contribution in [0.2, 0.25) is 0 Å². The number of rotatable bonds is 3. The highest BCUT2D eigenvalue weighted by atomic mass is 16.1. The third kappa shape index (κ3) is 2.82. The molecule has 0 saturated carbocycles. The molecule has 3 aromatic rings. The average Bonchev–Trinajstić information content (AvgIpc) is 2.95. The zero-order valence-electron chi connectivity index (χ0n) is 15.0. The molecule has 0 radical (unpaired) electrons. The first kappa shape index (κ1) is 16.3. The maximum absolute atomic E-state index is 13.1. The van der Waals surface area contributed by atoms with E-state index in [1.54, 1.807) is 0 Å². The molecule has 0 aliphatic carbocycles. The van der Waals surface area contributed by atoms with E-state index < -0.39 is 0 Å². The van der Waals surface area contributed by atoms with Gasteiger partial charge in [-0.2, -0.15) is 4.57 Å². The van der Waals surface area contributed by atoms with Gasteiger partial charge in [0.2, 0.25) is 6.04 Å². The van der Waals surface area contributed by atoms with Crippen LogP contribution in [0.3, 0.4) is 0 Å². The molecule has 0 bridgehead atoms. The molecule has 3 heteroatoms. The molecule has 3 nitrogen and oxygen atoms in total. The molecule has 2 heterocycles. The number of benzene rings is 2. The summed E-state index contributed by atoms with van der Waals surface area (Å²) in [5.74, 6) is 0.0936. The van der Waals surface area contributed by atoms with Gasteiger partial charge in [-0.1, -0.05) is 42.5 Å². The first-order chi connectivity index (χ1) is 12.6. The molecule has 26 heavy (non-hydrogen) atoms. The molecule has 0 saturated heterocycles. The van der Waals surface area contributed by atoms with Crippen LogP contribution >= 0.6 is 0 Å². The Bertz CT molecular complexity index is 973. The number of carbonyl (C=O) groups is 1. The van der Waals surface area contributed by atoms with E-state index in [-0.39, 0.29) is 11.8 Å². The number of hydrogen-bond donors (Lipinski definition) is 0. The summed E-state index contributed by atoms with van der Waals surface area (Å²) >= 11 is 0. The molecule has 2 aromatic carbocycles. The Labute approximate surface area is 153 Å². The second kappa shape index (κ2) is 6.60. The lowest BCUT2D eigenvalue weighted by Gasteiger charge is -2.12. The molecule has 1 atom stereocenters. The Morgan fingerprint density at radius 1 is 0.885 bits per heavy atom. The van der Waals surface area contributed by atoms with Gasteiger partial charge >= 0.3 is 0 Å². The van der Waals surface area contributed by atoms with Gasteiger partial charge in [-0.25, -0.2) is 0 Å². The van der Waals surface area contributed by atoms with Crippen LogP contribution in [0.5, 0.6) is 0 Å². The standard InChI is InChI=1S/C23H21N2O/c1-24(2)19-13-11-17(12-14-19)16-20-22(18-8-4-3-5-9-18)25-15-7-6-10-21(25)23(20)26/h3-16,22H,1-2H3/q+1. The summed E-state index contributed by atoms with van der Waals surface area (Å²) in [7, 11) is 4.04. The van der Waals surface area contributed by atoms with Crippen molar-refractivity contribution in [2.45, 2.75) is 6.04 Å². The lowest BCUT2D eigenvalue weighted by Crippen LogP contribution is -2.38. The van der Waals surface area contributed by atoms with Gasteiger partial charge in [-0.3, -0.25) is 4.79 Å². The summed E-state index contributed by atoms with van der Waals surface area (Å²) in [6.07, 6.45) is 4.01. The zero-order chi connectivity index (χ0) is 18.1. The minimum Gasteiger partial charge on any atom is -0.378 e. The van der Waals surface area contributed by atoms with Crippen molar-refractivity contribution < 1.29 is 9.36 Å². The molecule has 4 rings (SSSR count). The monoisotopic (exact) mass is 341 g/mol. The highest BCUT2D eigenvalue weighted by Gasteiger charge is 2.43. The van der Waals surface area contributed by atoms with E-state index in [1.807, 2.05) is 62.8 Å². The normalized spacial score (nSPS) is 17.4. The van der Waals surface area contributed by atoms with Crippen LogP contribution in [0.25, 0.3) is 6.08 Å². The van der Waals surface area contributed by atoms with Gasteiger partial charge in [0, 0.05) is 37.5 Å². The lowest BCUT2D eigenvalue weighted by molar-refractivity contribution is -0.700. The van der Waals surface area contributed by atoms with Crippen molar-refractivity contribution in [3.05, 3.63) is 101 Å². The Morgan fingerprint density at radius 3 is 2.27 bits per heavy atom. The number of anilines is 1. The van der Waals surface area contributed by atoms with E-state index in [0.717, 1.165) is 28.1 Å². The third-order valence-electron chi connectivity index (χ3n) is 4.80. The fourth-order valence-corrected chi connectivity index (χ4v) is 3.46. The van der Waals surface area contributed by atoms with E-state index in [2.05, 4.69) is 45.9 Å². The van der Waals surface area contributed by atoms with Gasteiger partial charge in [-0.05, 0) is 29.8 Å². The van der Waals surface area contributed by atoms with Crippen LogP contribution in [0.4, 0.5) is 5.69 Å². The topological polar surface area (TPSA) is 24.2 Å². The molecule has 1 unspecified atom stereocenters. The molecule has 0 fully saturated rings. The largest absolute Gasteiger partial charge is 0.378 e. The smallest absolute Gasteiger partial charge is 0.259 e. The van der Waals surface area contributed by atoms with Crippen LogP contribution in [0.1, 0.15) is 27.7 Å². The number of pyridine rings is 1. The van der Waals surface area contributed by atoms with Crippen LogP contribution in [0.15, 0.2) is 84.6 Å². The molecule has 1 aromatic heterocycles. The van der Waals surface area contributed by atoms with Crippen LogP contribution in [0, 0.1) is 0 Å². The molecule has 1 aliphatic heterocycles. The summed E-state index contributed by atoms with van der Waals surface area (Å²) in [5.41, 5.74) is 4.83. The van der Waals surface area contributed by atoms with Crippen molar-refractivity contribution in [2.24, 2.45) is 0 Å². The van der Waals surface area contributed by atoms with Crippen molar-refractivity contribution in [3.63, 3.8) is 0 Å². The summed E-state index contributed by atoms with van der Waals surface area (Å²) in [6.45, 7) is 0. The SMILES string of the molecule is CN(C)c1ccc(C=C2C(=O)c3cccc[n+]3C2c2ccccc2)cc1. The highest BCUT2D eigenvalue weighted by Crippen LogP contribution is 2.31. The predicted molar refractivity (Wildman–Crippen MR) is 104 cm³/mol. The van der Waals surface area contributed by atoms with Gasteiger partial charge in [0.25, 0.3) is 11.5 Å². The van der Waals surface area contributed by atoms with E-state index in [4.69, 9.17) is 0 Å². The predicted octanol–water partition coefficient (Wildman–Crippen LogP) is 3.91. The number of fused-ring (bicyclic) bond motifs is 1. The van der Waals surface area contributed by atoms with Gasteiger partial charge in [0.05, 0.1) is 5.57 Å². The average molecular weight is 341 g/mol. The molecular weight excluding hydrogens is 320 g/mol. The molecule has 0 N–H and O–H groups in total.